The first-order valence-electron chi connectivity index (χ1n) is 8.84. The normalized spacial score (nSPS) is 39.1. The van der Waals surface area contributed by atoms with E-state index in [1.165, 1.54) is 30.4 Å². The number of aliphatic carboxylic acids is 1. The first-order chi connectivity index (χ1) is 10.5. The van der Waals surface area contributed by atoms with Gasteiger partial charge in [-0.3, -0.25) is 4.79 Å². The lowest BCUT2D eigenvalue weighted by atomic mass is 9.42. The Hall–Kier alpha value is -1.31. The quantitative estimate of drug-likeness (QED) is 0.884. The molecule has 2 unspecified atom stereocenters. The van der Waals surface area contributed by atoms with Gasteiger partial charge in [0, 0.05) is 0 Å². The molecule has 0 heterocycles. The van der Waals surface area contributed by atoms with Gasteiger partial charge in [-0.05, 0) is 78.7 Å². The van der Waals surface area contributed by atoms with E-state index in [0.717, 1.165) is 37.5 Å². The Labute approximate surface area is 132 Å². The molecule has 0 aromatic heterocycles. The molecule has 2 atom stereocenters. The number of hydrogen-bond donors (Lipinski definition) is 1. The van der Waals surface area contributed by atoms with Crippen LogP contribution in [-0.2, 0) is 16.6 Å². The number of carboxylic acid groups (broad SMARTS) is 1. The number of rotatable bonds is 4. The van der Waals surface area contributed by atoms with Crippen molar-refractivity contribution in [3.05, 3.63) is 35.4 Å². The van der Waals surface area contributed by atoms with Gasteiger partial charge in [0.2, 0.25) is 0 Å². The SMILES string of the molecule is CCc1ccc(C23CC4CC(CC(CC(=O)O)(C4)C2)C3)cc1. The second-order valence-electron chi connectivity index (χ2n) is 8.36. The van der Waals surface area contributed by atoms with Crippen molar-refractivity contribution in [2.45, 2.75) is 63.7 Å². The number of aryl methyl sites for hydroxylation is 1. The van der Waals surface area contributed by atoms with Crippen LogP contribution in [0.25, 0.3) is 0 Å². The molecule has 0 radical (unpaired) electrons. The topological polar surface area (TPSA) is 37.3 Å². The van der Waals surface area contributed by atoms with Crippen LogP contribution in [0.5, 0.6) is 0 Å². The summed E-state index contributed by atoms with van der Waals surface area (Å²) in [7, 11) is 0. The van der Waals surface area contributed by atoms with Gasteiger partial charge in [-0.15, -0.1) is 0 Å². The van der Waals surface area contributed by atoms with Crippen LogP contribution in [0.3, 0.4) is 0 Å². The van der Waals surface area contributed by atoms with Crippen molar-refractivity contribution in [3.8, 4) is 0 Å². The van der Waals surface area contributed by atoms with Crippen LogP contribution in [0, 0.1) is 17.3 Å². The zero-order valence-electron chi connectivity index (χ0n) is 13.5. The summed E-state index contributed by atoms with van der Waals surface area (Å²) in [5, 5.41) is 9.40. The first-order valence-corrected chi connectivity index (χ1v) is 8.84. The zero-order valence-corrected chi connectivity index (χ0v) is 13.5. The third-order valence-electron chi connectivity index (χ3n) is 6.68. The minimum Gasteiger partial charge on any atom is -0.481 e. The monoisotopic (exact) mass is 298 g/mol. The highest BCUT2D eigenvalue weighted by Gasteiger charge is 2.58. The highest BCUT2D eigenvalue weighted by atomic mass is 16.4. The maximum absolute atomic E-state index is 11.4. The summed E-state index contributed by atoms with van der Waals surface area (Å²) in [5.41, 5.74) is 3.23. The molecule has 0 amide bonds. The summed E-state index contributed by atoms with van der Waals surface area (Å²) in [5.74, 6) is 0.913. The van der Waals surface area contributed by atoms with Crippen LogP contribution in [0.2, 0.25) is 0 Å². The number of carbonyl (C=O) groups is 1. The van der Waals surface area contributed by atoms with E-state index in [4.69, 9.17) is 0 Å². The molecular weight excluding hydrogens is 272 g/mol. The van der Waals surface area contributed by atoms with Crippen molar-refractivity contribution >= 4 is 5.97 Å². The molecule has 4 aliphatic carbocycles. The summed E-state index contributed by atoms with van der Waals surface area (Å²) in [4.78, 5) is 11.4. The van der Waals surface area contributed by atoms with Gasteiger partial charge in [0.25, 0.3) is 0 Å². The third-order valence-corrected chi connectivity index (χ3v) is 6.68. The fraction of sp³-hybridized carbons (Fsp3) is 0.650. The van der Waals surface area contributed by atoms with Crippen LogP contribution in [0.1, 0.15) is 63.0 Å². The molecule has 118 valence electrons. The highest BCUT2D eigenvalue weighted by molar-refractivity contribution is 5.68. The molecule has 0 spiro atoms. The lowest BCUT2D eigenvalue weighted by Crippen LogP contribution is -2.54. The van der Waals surface area contributed by atoms with E-state index in [1.54, 1.807) is 0 Å². The molecule has 4 fully saturated rings. The summed E-state index contributed by atoms with van der Waals surface area (Å²) < 4.78 is 0. The Morgan fingerprint density at radius 3 is 2.32 bits per heavy atom. The second-order valence-corrected chi connectivity index (χ2v) is 8.36. The van der Waals surface area contributed by atoms with E-state index >= 15 is 0 Å². The fourth-order valence-electron chi connectivity index (χ4n) is 6.41. The number of carboxylic acids is 1. The van der Waals surface area contributed by atoms with Gasteiger partial charge in [-0.25, -0.2) is 0 Å². The average Bonchev–Trinajstić information content (AvgIpc) is 2.44. The van der Waals surface area contributed by atoms with E-state index in [1.807, 2.05) is 0 Å². The molecule has 4 saturated carbocycles. The van der Waals surface area contributed by atoms with Crippen molar-refractivity contribution in [3.63, 3.8) is 0 Å². The highest BCUT2D eigenvalue weighted by Crippen LogP contribution is 2.66. The number of hydrogen-bond acceptors (Lipinski definition) is 1. The smallest absolute Gasteiger partial charge is 0.303 e. The average molecular weight is 298 g/mol. The van der Waals surface area contributed by atoms with Gasteiger partial charge in [0.05, 0.1) is 6.42 Å². The molecule has 2 heteroatoms. The summed E-state index contributed by atoms with van der Waals surface area (Å²) in [6.45, 7) is 2.20. The van der Waals surface area contributed by atoms with Gasteiger partial charge in [0.1, 0.15) is 0 Å². The van der Waals surface area contributed by atoms with Gasteiger partial charge in [-0.1, -0.05) is 31.2 Å². The molecule has 0 aliphatic heterocycles. The zero-order chi connectivity index (χ0) is 15.4. The van der Waals surface area contributed by atoms with Crippen molar-refractivity contribution in [1.82, 2.24) is 0 Å². The fourth-order valence-corrected chi connectivity index (χ4v) is 6.41. The van der Waals surface area contributed by atoms with Crippen molar-refractivity contribution < 1.29 is 9.90 Å². The minimum atomic E-state index is -0.599. The number of benzene rings is 1. The van der Waals surface area contributed by atoms with E-state index in [2.05, 4.69) is 31.2 Å². The van der Waals surface area contributed by atoms with Gasteiger partial charge in [0.15, 0.2) is 0 Å². The largest absolute Gasteiger partial charge is 0.481 e. The first kappa shape index (κ1) is 14.3. The molecule has 4 aliphatic rings. The van der Waals surface area contributed by atoms with Crippen LogP contribution < -0.4 is 0 Å². The van der Waals surface area contributed by atoms with Crippen LogP contribution >= 0.6 is 0 Å². The maximum atomic E-state index is 11.4. The van der Waals surface area contributed by atoms with Crippen molar-refractivity contribution in [2.75, 3.05) is 0 Å². The van der Waals surface area contributed by atoms with Crippen molar-refractivity contribution in [1.29, 1.82) is 0 Å². The Kier molecular flexibility index (Phi) is 3.15. The lowest BCUT2D eigenvalue weighted by Gasteiger charge is -2.62. The summed E-state index contributed by atoms with van der Waals surface area (Å²) >= 11 is 0. The Balaban J connectivity index is 1.70. The van der Waals surface area contributed by atoms with E-state index in [0.29, 0.717) is 6.42 Å². The van der Waals surface area contributed by atoms with E-state index < -0.39 is 5.97 Å². The van der Waals surface area contributed by atoms with Crippen molar-refractivity contribution in [2.24, 2.45) is 17.3 Å². The molecular formula is C20H26O2. The predicted octanol–water partition coefficient (Wildman–Crippen LogP) is 4.56. The second kappa shape index (κ2) is 4.84. The predicted molar refractivity (Wildman–Crippen MR) is 86.9 cm³/mol. The van der Waals surface area contributed by atoms with Gasteiger partial charge >= 0.3 is 5.97 Å². The lowest BCUT2D eigenvalue weighted by molar-refractivity contribution is -0.146. The van der Waals surface area contributed by atoms with Gasteiger partial charge in [-0.2, -0.15) is 0 Å². The Morgan fingerprint density at radius 1 is 1.14 bits per heavy atom. The Bertz CT molecular complexity index is 572. The molecule has 4 bridgehead atoms. The molecule has 1 aromatic rings. The molecule has 1 aromatic carbocycles. The minimum absolute atomic E-state index is 0.0827. The van der Waals surface area contributed by atoms with Gasteiger partial charge < -0.3 is 5.11 Å². The molecule has 1 N–H and O–H groups in total. The van der Waals surface area contributed by atoms with Crippen LogP contribution in [-0.4, -0.2) is 11.1 Å². The standard InChI is InChI=1S/C20H26O2/c1-2-14-3-5-17(6-4-14)20-10-15-7-16(11-20)9-19(8-15,13-20)12-18(21)22/h3-6,15-16H,2,7-13H2,1H3,(H,21,22). The maximum Gasteiger partial charge on any atom is 0.303 e. The molecule has 0 saturated heterocycles. The van der Waals surface area contributed by atoms with E-state index in [9.17, 15) is 9.90 Å². The Morgan fingerprint density at radius 2 is 1.77 bits per heavy atom. The third kappa shape index (κ3) is 2.19. The molecule has 5 rings (SSSR count). The summed E-state index contributed by atoms with van der Waals surface area (Å²) in [6.07, 6.45) is 8.80. The molecule has 2 nitrogen and oxygen atoms in total. The van der Waals surface area contributed by atoms with Crippen LogP contribution in [0.15, 0.2) is 24.3 Å². The van der Waals surface area contributed by atoms with E-state index in [-0.39, 0.29) is 10.8 Å². The molecule has 22 heavy (non-hydrogen) atoms. The summed E-state index contributed by atoms with van der Waals surface area (Å²) in [6, 6.07) is 9.22. The van der Waals surface area contributed by atoms with Crippen LogP contribution in [0.4, 0.5) is 0 Å².